The van der Waals surface area contributed by atoms with Crippen LogP contribution in [-0.2, 0) is 6.54 Å². The first kappa shape index (κ1) is 16.9. The lowest BCUT2D eigenvalue weighted by Crippen LogP contribution is -2.03. The molecule has 0 saturated carbocycles. The Kier molecular flexibility index (Phi) is 4.57. The molecular weight excluding hydrogens is 364 g/mol. The molecule has 0 fully saturated rings. The Bertz CT molecular complexity index is 1060. The maximum atomic E-state index is 6.00. The predicted molar refractivity (Wildman–Crippen MR) is 108 cm³/mol. The van der Waals surface area contributed by atoms with Crippen LogP contribution < -0.4 is 5.73 Å². The van der Waals surface area contributed by atoms with Crippen LogP contribution in [0.1, 0.15) is 11.3 Å². The molecule has 4 nitrogen and oxygen atoms in total. The van der Waals surface area contributed by atoms with Gasteiger partial charge < -0.3 is 10.3 Å². The van der Waals surface area contributed by atoms with Gasteiger partial charge in [0.2, 0.25) is 5.95 Å². The Morgan fingerprint density at radius 1 is 1.04 bits per heavy atom. The lowest BCUT2D eigenvalue weighted by atomic mass is 10.2. The molecule has 0 amide bonds. The second kappa shape index (κ2) is 7.02. The number of halogens is 1. The van der Waals surface area contributed by atoms with Crippen molar-refractivity contribution in [3.63, 3.8) is 0 Å². The number of fused-ring (bicyclic) bond motifs is 1. The van der Waals surface area contributed by atoms with Crippen molar-refractivity contribution in [3.8, 4) is 0 Å². The molecule has 130 valence electrons. The number of hydrogen-bond acceptors (Lipinski definition) is 4. The minimum atomic E-state index is 0.297. The molecule has 4 rings (SSSR count). The van der Waals surface area contributed by atoms with Gasteiger partial charge in [0.05, 0.1) is 11.1 Å². The highest BCUT2D eigenvalue weighted by Gasteiger charge is 2.15. The van der Waals surface area contributed by atoms with Crippen LogP contribution in [0.5, 0.6) is 0 Å². The molecule has 26 heavy (non-hydrogen) atoms. The number of nitrogens with zero attached hydrogens (tertiary/aromatic N) is 3. The molecule has 0 unspecified atom stereocenters. The summed E-state index contributed by atoms with van der Waals surface area (Å²) in [5.41, 5.74) is 8.86. The molecule has 2 heterocycles. The molecule has 2 aromatic carbocycles. The van der Waals surface area contributed by atoms with Gasteiger partial charge in [0.1, 0.15) is 5.65 Å². The van der Waals surface area contributed by atoms with E-state index in [9.17, 15) is 0 Å². The minimum absolute atomic E-state index is 0.297. The number of nitrogens with two attached hydrogens (primary N) is 1. The standard InChI is InChI=1S/C20H17ClN4S/c1-13-18-17(26-16-9-7-15(21)8-10-16)12-25(19(18)24-20(22)23-13)11-14-5-3-2-4-6-14/h2-10,12H,11H2,1H3,(H2,22,23,24). The van der Waals surface area contributed by atoms with Crippen LogP contribution in [-0.4, -0.2) is 14.5 Å². The van der Waals surface area contributed by atoms with Crippen LogP contribution in [0.15, 0.2) is 70.6 Å². The summed E-state index contributed by atoms with van der Waals surface area (Å²) in [5, 5.41) is 1.77. The first-order valence-corrected chi connectivity index (χ1v) is 9.40. The van der Waals surface area contributed by atoms with Gasteiger partial charge in [-0.15, -0.1) is 0 Å². The van der Waals surface area contributed by atoms with Crippen LogP contribution in [0.25, 0.3) is 11.0 Å². The Balaban J connectivity index is 1.80. The Labute approximate surface area is 161 Å². The van der Waals surface area contributed by atoms with Gasteiger partial charge in [0, 0.05) is 27.6 Å². The predicted octanol–water partition coefficient (Wildman–Crippen LogP) is 5.17. The number of nitrogen functional groups attached to an aromatic ring is 1. The van der Waals surface area contributed by atoms with Crippen LogP contribution in [0.4, 0.5) is 5.95 Å². The van der Waals surface area contributed by atoms with Gasteiger partial charge in [-0.1, -0.05) is 53.7 Å². The van der Waals surface area contributed by atoms with Crippen molar-refractivity contribution < 1.29 is 0 Å². The van der Waals surface area contributed by atoms with E-state index in [1.807, 2.05) is 49.4 Å². The summed E-state index contributed by atoms with van der Waals surface area (Å²) in [7, 11) is 0. The Morgan fingerprint density at radius 3 is 2.50 bits per heavy atom. The minimum Gasteiger partial charge on any atom is -0.368 e. The highest BCUT2D eigenvalue weighted by atomic mass is 35.5. The number of aromatic nitrogens is 3. The molecule has 0 aliphatic rings. The van der Waals surface area contributed by atoms with E-state index in [0.29, 0.717) is 5.95 Å². The molecule has 0 atom stereocenters. The number of anilines is 1. The van der Waals surface area contributed by atoms with Gasteiger partial charge in [0.15, 0.2) is 0 Å². The summed E-state index contributed by atoms with van der Waals surface area (Å²) in [6.45, 7) is 2.70. The number of rotatable bonds is 4. The third-order valence-electron chi connectivity index (χ3n) is 4.12. The zero-order chi connectivity index (χ0) is 18.1. The quantitative estimate of drug-likeness (QED) is 0.530. The SMILES string of the molecule is Cc1nc(N)nc2c1c(Sc1ccc(Cl)cc1)cn2Cc1ccccc1. The Hall–Kier alpha value is -2.50. The molecule has 4 aromatic rings. The molecule has 0 radical (unpaired) electrons. The average Bonchev–Trinajstić information content (AvgIpc) is 2.95. The molecule has 0 aliphatic carbocycles. The molecular formula is C20H17ClN4S. The van der Waals surface area contributed by atoms with Crippen molar-refractivity contribution in [3.05, 3.63) is 77.1 Å². The molecule has 2 N–H and O–H groups in total. The number of benzene rings is 2. The summed E-state index contributed by atoms with van der Waals surface area (Å²) < 4.78 is 2.13. The smallest absolute Gasteiger partial charge is 0.222 e. The zero-order valence-electron chi connectivity index (χ0n) is 14.2. The first-order valence-electron chi connectivity index (χ1n) is 8.20. The van der Waals surface area contributed by atoms with Gasteiger partial charge in [0.25, 0.3) is 0 Å². The van der Waals surface area contributed by atoms with Gasteiger partial charge >= 0.3 is 0 Å². The molecule has 0 saturated heterocycles. The summed E-state index contributed by atoms with van der Waals surface area (Å²) >= 11 is 7.68. The third kappa shape index (κ3) is 3.41. The maximum absolute atomic E-state index is 6.00. The van der Waals surface area contributed by atoms with E-state index in [0.717, 1.165) is 38.1 Å². The van der Waals surface area contributed by atoms with Crippen molar-refractivity contribution in [1.29, 1.82) is 0 Å². The molecule has 6 heteroatoms. The van der Waals surface area contributed by atoms with Gasteiger partial charge in [-0.2, -0.15) is 4.98 Å². The van der Waals surface area contributed by atoms with Crippen LogP contribution in [0.3, 0.4) is 0 Å². The van der Waals surface area contributed by atoms with Crippen LogP contribution in [0.2, 0.25) is 5.02 Å². The van der Waals surface area contributed by atoms with E-state index in [1.54, 1.807) is 11.8 Å². The summed E-state index contributed by atoms with van der Waals surface area (Å²) in [4.78, 5) is 11.1. The van der Waals surface area contributed by atoms with Gasteiger partial charge in [-0.05, 0) is 36.8 Å². The average molecular weight is 381 g/mol. The highest BCUT2D eigenvalue weighted by Crippen LogP contribution is 2.36. The second-order valence-electron chi connectivity index (χ2n) is 6.03. The first-order chi connectivity index (χ1) is 12.6. The molecule has 0 spiro atoms. The number of aryl methyl sites for hydroxylation is 1. The molecule has 2 aromatic heterocycles. The van der Waals surface area contributed by atoms with Crippen molar-refractivity contribution in [2.75, 3.05) is 5.73 Å². The summed E-state index contributed by atoms with van der Waals surface area (Å²) in [6, 6.07) is 18.1. The zero-order valence-corrected chi connectivity index (χ0v) is 15.8. The fraction of sp³-hybridized carbons (Fsp3) is 0.100. The monoisotopic (exact) mass is 380 g/mol. The normalized spacial score (nSPS) is 11.2. The van der Waals surface area contributed by atoms with E-state index in [1.165, 1.54) is 5.56 Å². The summed E-state index contributed by atoms with van der Waals surface area (Å²) in [6.07, 6.45) is 2.12. The van der Waals surface area contributed by atoms with Crippen molar-refractivity contribution in [1.82, 2.24) is 14.5 Å². The Morgan fingerprint density at radius 2 is 1.77 bits per heavy atom. The summed E-state index contributed by atoms with van der Waals surface area (Å²) in [5.74, 6) is 0.297. The fourth-order valence-electron chi connectivity index (χ4n) is 2.95. The van der Waals surface area contributed by atoms with Gasteiger partial charge in [-0.25, -0.2) is 4.98 Å². The third-order valence-corrected chi connectivity index (χ3v) is 5.41. The van der Waals surface area contributed by atoms with E-state index in [-0.39, 0.29) is 0 Å². The van der Waals surface area contributed by atoms with Crippen LogP contribution in [0, 0.1) is 6.92 Å². The van der Waals surface area contributed by atoms with E-state index < -0.39 is 0 Å². The second-order valence-corrected chi connectivity index (χ2v) is 7.58. The van der Waals surface area contributed by atoms with E-state index in [2.05, 4.69) is 32.9 Å². The van der Waals surface area contributed by atoms with Crippen molar-refractivity contribution in [2.24, 2.45) is 0 Å². The lowest BCUT2D eigenvalue weighted by molar-refractivity contribution is 0.818. The van der Waals surface area contributed by atoms with E-state index in [4.69, 9.17) is 17.3 Å². The van der Waals surface area contributed by atoms with Crippen LogP contribution >= 0.6 is 23.4 Å². The fourth-order valence-corrected chi connectivity index (χ4v) is 4.12. The van der Waals surface area contributed by atoms with E-state index >= 15 is 0 Å². The van der Waals surface area contributed by atoms with Crippen molar-refractivity contribution in [2.45, 2.75) is 23.3 Å². The van der Waals surface area contributed by atoms with Crippen molar-refractivity contribution >= 4 is 40.3 Å². The highest BCUT2D eigenvalue weighted by molar-refractivity contribution is 7.99. The topological polar surface area (TPSA) is 56.7 Å². The molecule has 0 aliphatic heterocycles. The largest absolute Gasteiger partial charge is 0.368 e. The maximum Gasteiger partial charge on any atom is 0.222 e. The lowest BCUT2D eigenvalue weighted by Gasteiger charge is -2.05. The molecule has 0 bridgehead atoms. The van der Waals surface area contributed by atoms with Gasteiger partial charge in [-0.3, -0.25) is 0 Å². The number of hydrogen-bond donors (Lipinski definition) is 1.